The zero-order valence-corrected chi connectivity index (χ0v) is 17.1. The lowest BCUT2D eigenvalue weighted by Crippen LogP contribution is -2.32. The molecule has 7 nitrogen and oxygen atoms in total. The second-order valence-corrected chi connectivity index (χ2v) is 8.69. The number of sulfonamides is 1. The molecule has 1 aromatic carbocycles. The summed E-state index contributed by atoms with van der Waals surface area (Å²) in [5.41, 5.74) is 2.71. The standard InChI is InChI=1S/C19H25N3O4S/c1-12(2)11-22-14(4)18(13(3)20-22)10-19(24)21-27(25,26)17-8-6-16(7-9-17)15(5)23/h6-9,12H,10-11H2,1-5H3,(H,21,24). The van der Waals surface area contributed by atoms with E-state index in [1.54, 1.807) is 6.92 Å². The first-order valence-electron chi connectivity index (χ1n) is 8.70. The molecule has 0 radical (unpaired) electrons. The summed E-state index contributed by atoms with van der Waals surface area (Å²) < 4.78 is 28.7. The molecule has 27 heavy (non-hydrogen) atoms. The Balaban J connectivity index is 2.15. The SMILES string of the molecule is CC(=O)c1ccc(S(=O)(=O)NC(=O)Cc2c(C)nn(CC(C)C)c2C)cc1. The van der Waals surface area contributed by atoms with Crippen LogP contribution in [0.1, 0.15) is 48.1 Å². The van der Waals surface area contributed by atoms with Crippen molar-refractivity contribution in [2.24, 2.45) is 5.92 Å². The van der Waals surface area contributed by atoms with Crippen LogP contribution in [0.15, 0.2) is 29.2 Å². The second kappa shape index (κ2) is 8.04. The van der Waals surface area contributed by atoms with Gasteiger partial charge in [-0.1, -0.05) is 26.0 Å². The van der Waals surface area contributed by atoms with Crippen LogP contribution in [-0.4, -0.2) is 29.9 Å². The van der Waals surface area contributed by atoms with Gasteiger partial charge in [-0.15, -0.1) is 0 Å². The van der Waals surface area contributed by atoms with Crippen LogP contribution >= 0.6 is 0 Å². The van der Waals surface area contributed by atoms with Gasteiger partial charge in [0, 0.05) is 23.4 Å². The summed E-state index contributed by atoms with van der Waals surface area (Å²) in [7, 11) is -4.00. The molecule has 0 saturated carbocycles. The first kappa shape index (κ1) is 20.8. The molecule has 0 spiro atoms. The smallest absolute Gasteiger partial charge is 0.264 e. The Morgan fingerprint density at radius 2 is 1.74 bits per heavy atom. The van der Waals surface area contributed by atoms with E-state index >= 15 is 0 Å². The monoisotopic (exact) mass is 391 g/mol. The number of amides is 1. The first-order valence-corrected chi connectivity index (χ1v) is 10.2. The van der Waals surface area contributed by atoms with Crippen molar-refractivity contribution >= 4 is 21.7 Å². The predicted octanol–water partition coefficient (Wildman–Crippen LogP) is 2.41. The molecule has 0 aliphatic rings. The quantitative estimate of drug-likeness (QED) is 0.731. The van der Waals surface area contributed by atoms with E-state index in [9.17, 15) is 18.0 Å². The van der Waals surface area contributed by atoms with Gasteiger partial charge in [0.2, 0.25) is 5.91 Å². The van der Waals surface area contributed by atoms with Crippen LogP contribution in [0.3, 0.4) is 0 Å². The molecule has 1 aromatic heterocycles. The zero-order valence-electron chi connectivity index (χ0n) is 16.2. The number of aryl methyl sites for hydroxylation is 1. The Kier molecular flexibility index (Phi) is 6.20. The maximum absolute atomic E-state index is 12.4. The van der Waals surface area contributed by atoms with Crippen LogP contribution in [0.4, 0.5) is 0 Å². The van der Waals surface area contributed by atoms with E-state index in [0.717, 1.165) is 17.8 Å². The van der Waals surface area contributed by atoms with E-state index < -0.39 is 15.9 Å². The van der Waals surface area contributed by atoms with Gasteiger partial charge in [0.15, 0.2) is 5.78 Å². The lowest BCUT2D eigenvalue weighted by Gasteiger charge is -2.09. The second-order valence-electron chi connectivity index (χ2n) is 7.01. The highest BCUT2D eigenvalue weighted by molar-refractivity contribution is 7.90. The number of hydrogen-bond acceptors (Lipinski definition) is 5. The minimum Gasteiger partial charge on any atom is -0.295 e. The number of rotatable bonds is 7. The predicted molar refractivity (Wildman–Crippen MR) is 102 cm³/mol. The molecule has 8 heteroatoms. The molecule has 1 heterocycles. The normalized spacial score (nSPS) is 11.6. The third kappa shape index (κ3) is 5.03. The highest BCUT2D eigenvalue weighted by Crippen LogP contribution is 2.16. The third-order valence-corrected chi connectivity index (χ3v) is 5.62. The van der Waals surface area contributed by atoms with Crippen molar-refractivity contribution in [1.82, 2.24) is 14.5 Å². The number of Topliss-reactive ketones (excluding diaryl/α,β-unsaturated/α-hetero) is 1. The Morgan fingerprint density at radius 3 is 2.26 bits per heavy atom. The summed E-state index contributed by atoms with van der Waals surface area (Å²) >= 11 is 0. The van der Waals surface area contributed by atoms with Crippen molar-refractivity contribution in [1.29, 1.82) is 0 Å². The number of hydrogen-bond donors (Lipinski definition) is 1. The maximum Gasteiger partial charge on any atom is 0.264 e. The van der Waals surface area contributed by atoms with Gasteiger partial charge >= 0.3 is 0 Å². The van der Waals surface area contributed by atoms with E-state index in [1.165, 1.54) is 31.2 Å². The number of nitrogens with one attached hydrogen (secondary N) is 1. The van der Waals surface area contributed by atoms with Gasteiger partial charge in [0.1, 0.15) is 0 Å². The minimum atomic E-state index is -4.00. The molecule has 0 unspecified atom stereocenters. The summed E-state index contributed by atoms with van der Waals surface area (Å²) in [5.74, 6) is -0.378. The van der Waals surface area contributed by atoms with Crippen LogP contribution in [-0.2, 0) is 27.8 Å². The summed E-state index contributed by atoms with van der Waals surface area (Å²) in [6.07, 6.45) is -0.0689. The number of carbonyl (C=O) groups is 2. The average Bonchev–Trinajstić information content (AvgIpc) is 2.81. The highest BCUT2D eigenvalue weighted by atomic mass is 32.2. The van der Waals surface area contributed by atoms with Crippen LogP contribution < -0.4 is 4.72 Å². The van der Waals surface area contributed by atoms with E-state index in [2.05, 4.69) is 23.7 Å². The van der Waals surface area contributed by atoms with Crippen LogP contribution in [0, 0.1) is 19.8 Å². The first-order chi connectivity index (χ1) is 12.5. The molecule has 1 amide bonds. The molecule has 0 saturated heterocycles. The van der Waals surface area contributed by atoms with Crippen molar-refractivity contribution in [3.63, 3.8) is 0 Å². The topological polar surface area (TPSA) is 98.1 Å². The summed E-state index contributed by atoms with van der Waals surface area (Å²) in [6, 6.07) is 5.46. The highest BCUT2D eigenvalue weighted by Gasteiger charge is 2.21. The molecule has 1 N–H and O–H groups in total. The van der Waals surface area contributed by atoms with Gasteiger partial charge in [-0.2, -0.15) is 5.10 Å². The fourth-order valence-corrected chi connectivity index (χ4v) is 3.77. The van der Waals surface area contributed by atoms with Crippen LogP contribution in [0.25, 0.3) is 0 Å². The molecular weight excluding hydrogens is 366 g/mol. The van der Waals surface area contributed by atoms with E-state index in [0.29, 0.717) is 17.2 Å². The Hall–Kier alpha value is -2.48. The Bertz CT molecular complexity index is 958. The van der Waals surface area contributed by atoms with E-state index in [4.69, 9.17) is 0 Å². The minimum absolute atomic E-state index is 0.0650. The van der Waals surface area contributed by atoms with Gasteiger partial charge in [0.05, 0.1) is 17.0 Å². The fourth-order valence-electron chi connectivity index (χ4n) is 2.79. The van der Waals surface area contributed by atoms with E-state index in [1.807, 2.05) is 11.6 Å². The lowest BCUT2D eigenvalue weighted by atomic mass is 10.1. The van der Waals surface area contributed by atoms with Gasteiger partial charge in [-0.05, 0) is 38.8 Å². The Labute approximate surface area is 159 Å². The third-order valence-electron chi connectivity index (χ3n) is 4.23. The molecule has 0 fully saturated rings. The molecule has 0 aliphatic heterocycles. The summed E-state index contributed by atoms with van der Waals surface area (Å²) in [4.78, 5) is 23.6. The average molecular weight is 391 g/mol. The molecule has 2 aromatic rings. The largest absolute Gasteiger partial charge is 0.295 e. The van der Waals surface area contributed by atoms with Gasteiger partial charge in [-0.25, -0.2) is 13.1 Å². The molecule has 0 aliphatic carbocycles. The number of aromatic nitrogens is 2. The van der Waals surface area contributed by atoms with Crippen molar-refractivity contribution < 1.29 is 18.0 Å². The van der Waals surface area contributed by atoms with Gasteiger partial charge in [-0.3, -0.25) is 14.3 Å². The van der Waals surface area contributed by atoms with Gasteiger partial charge in [0.25, 0.3) is 10.0 Å². The van der Waals surface area contributed by atoms with Crippen molar-refractivity contribution in [2.75, 3.05) is 0 Å². The maximum atomic E-state index is 12.4. The lowest BCUT2D eigenvalue weighted by molar-refractivity contribution is -0.118. The number of carbonyl (C=O) groups excluding carboxylic acids is 2. The summed E-state index contributed by atoms with van der Waals surface area (Å²) in [5, 5.41) is 4.44. The van der Waals surface area contributed by atoms with Crippen LogP contribution in [0.5, 0.6) is 0 Å². The molecular formula is C19H25N3O4S. The number of benzene rings is 1. The molecule has 146 valence electrons. The van der Waals surface area contributed by atoms with Crippen molar-refractivity contribution in [3.05, 3.63) is 46.8 Å². The Morgan fingerprint density at radius 1 is 1.15 bits per heavy atom. The van der Waals surface area contributed by atoms with Crippen molar-refractivity contribution in [2.45, 2.75) is 52.5 Å². The number of ketones is 1. The van der Waals surface area contributed by atoms with E-state index in [-0.39, 0.29) is 17.1 Å². The van der Waals surface area contributed by atoms with Gasteiger partial charge < -0.3 is 0 Å². The molecule has 0 bridgehead atoms. The zero-order chi connectivity index (χ0) is 20.4. The van der Waals surface area contributed by atoms with Crippen molar-refractivity contribution in [3.8, 4) is 0 Å². The van der Waals surface area contributed by atoms with Crippen LogP contribution in [0.2, 0.25) is 0 Å². The number of nitrogens with zero attached hydrogens (tertiary/aromatic N) is 2. The molecule has 2 rings (SSSR count). The summed E-state index contributed by atoms with van der Waals surface area (Å²) in [6.45, 7) is 9.96. The molecule has 0 atom stereocenters. The fraction of sp³-hybridized carbons (Fsp3) is 0.421.